The van der Waals surface area contributed by atoms with Crippen LogP contribution >= 0.6 is 0 Å². The average Bonchev–Trinajstić information content (AvgIpc) is 2.74. The zero-order chi connectivity index (χ0) is 17.0. The fraction of sp³-hybridized carbons (Fsp3) is 0.533. The lowest BCUT2D eigenvalue weighted by molar-refractivity contribution is -0.190. The second kappa shape index (κ2) is 6.82. The summed E-state index contributed by atoms with van der Waals surface area (Å²) in [5.41, 5.74) is -1.75. The van der Waals surface area contributed by atoms with Gasteiger partial charge in [-0.15, -0.1) is 0 Å². The lowest BCUT2D eigenvalue weighted by Gasteiger charge is -2.46. The van der Waals surface area contributed by atoms with Gasteiger partial charge in [-0.25, -0.2) is 9.59 Å². The van der Waals surface area contributed by atoms with Crippen LogP contribution in [0.1, 0.15) is 20.8 Å². The first-order valence-electron chi connectivity index (χ1n) is 7.50. The van der Waals surface area contributed by atoms with Crippen LogP contribution in [0.4, 0.5) is 9.59 Å². The van der Waals surface area contributed by atoms with E-state index >= 15 is 0 Å². The Kier molecular flexibility index (Phi) is 5.05. The van der Waals surface area contributed by atoms with Gasteiger partial charge in [0.25, 0.3) is 0 Å². The van der Waals surface area contributed by atoms with Crippen LogP contribution in [-0.2, 0) is 19.0 Å². The quantitative estimate of drug-likeness (QED) is 0.731. The fourth-order valence-corrected chi connectivity index (χ4v) is 2.51. The zero-order valence-electron chi connectivity index (χ0n) is 13.4. The van der Waals surface area contributed by atoms with Gasteiger partial charge in [0.1, 0.15) is 0 Å². The molecule has 8 heteroatoms. The highest BCUT2D eigenvalue weighted by atomic mass is 16.6. The highest BCUT2D eigenvalue weighted by Gasteiger charge is 2.55. The van der Waals surface area contributed by atoms with Crippen LogP contribution in [0.3, 0.4) is 0 Å². The second-order valence-electron chi connectivity index (χ2n) is 4.76. The number of carbonyl (C=O) groups excluding carboxylic acids is 3. The van der Waals surface area contributed by atoms with E-state index in [0.29, 0.717) is 0 Å². The average molecular weight is 324 g/mol. The maximum atomic E-state index is 12.5. The van der Waals surface area contributed by atoms with Crippen LogP contribution in [0.5, 0.6) is 0 Å². The Morgan fingerprint density at radius 1 is 1.09 bits per heavy atom. The molecule has 3 aliphatic rings. The largest absolute Gasteiger partial charge is 0.448 e. The van der Waals surface area contributed by atoms with Crippen LogP contribution in [0.25, 0.3) is 0 Å². The van der Waals surface area contributed by atoms with Crippen molar-refractivity contribution in [3.63, 3.8) is 0 Å². The number of ether oxygens (including phenoxy) is 3. The molecule has 23 heavy (non-hydrogen) atoms. The van der Waals surface area contributed by atoms with Crippen molar-refractivity contribution in [2.45, 2.75) is 32.5 Å². The van der Waals surface area contributed by atoms with Gasteiger partial charge in [-0.05, 0) is 32.9 Å². The number of hydrogen-bond donors (Lipinski definition) is 0. The van der Waals surface area contributed by atoms with Gasteiger partial charge in [0, 0.05) is 6.61 Å². The van der Waals surface area contributed by atoms with E-state index in [1.807, 2.05) is 0 Å². The minimum Gasteiger partial charge on any atom is -0.448 e. The fourth-order valence-electron chi connectivity index (χ4n) is 2.51. The molecule has 2 aliphatic heterocycles. The summed E-state index contributed by atoms with van der Waals surface area (Å²) in [6.07, 6.45) is 4.26. The summed E-state index contributed by atoms with van der Waals surface area (Å²) in [4.78, 5) is 37.3. The Bertz CT molecular complexity index is 558. The summed E-state index contributed by atoms with van der Waals surface area (Å²) < 4.78 is 15.6. The van der Waals surface area contributed by atoms with Gasteiger partial charge in [-0.3, -0.25) is 4.79 Å². The molecule has 0 N–H and O–H groups in total. The molecule has 2 amide bonds. The summed E-state index contributed by atoms with van der Waals surface area (Å²) in [7, 11) is 0. The Morgan fingerprint density at radius 3 is 2.35 bits per heavy atom. The van der Waals surface area contributed by atoms with Gasteiger partial charge >= 0.3 is 12.2 Å². The molecule has 2 heterocycles. The number of rotatable bonds is 4. The number of amides is 2. The van der Waals surface area contributed by atoms with E-state index in [2.05, 4.69) is 0 Å². The maximum Gasteiger partial charge on any atom is 0.432 e. The van der Waals surface area contributed by atoms with E-state index in [0.717, 1.165) is 10.0 Å². The van der Waals surface area contributed by atoms with Crippen LogP contribution in [0, 0.1) is 0 Å². The Morgan fingerprint density at radius 2 is 1.74 bits per heavy atom. The van der Waals surface area contributed by atoms with Crippen molar-refractivity contribution in [2.75, 3.05) is 19.8 Å². The summed E-state index contributed by atoms with van der Waals surface area (Å²) in [5, 5.41) is 1.93. The van der Waals surface area contributed by atoms with Crippen molar-refractivity contribution in [3.05, 3.63) is 24.3 Å². The molecule has 0 fully saturated rings. The van der Waals surface area contributed by atoms with Crippen LogP contribution in [-0.4, -0.2) is 59.6 Å². The predicted octanol–water partition coefficient (Wildman–Crippen LogP) is 1.63. The van der Waals surface area contributed by atoms with E-state index in [1.165, 1.54) is 18.2 Å². The van der Waals surface area contributed by atoms with Crippen molar-refractivity contribution in [1.29, 1.82) is 0 Å². The molecule has 3 rings (SSSR count). The maximum absolute atomic E-state index is 12.5. The van der Waals surface area contributed by atoms with Gasteiger partial charge < -0.3 is 14.2 Å². The highest BCUT2D eigenvalue weighted by Crippen LogP contribution is 2.34. The number of carbonyl (C=O) groups is 3. The van der Waals surface area contributed by atoms with Crippen LogP contribution < -0.4 is 0 Å². The van der Waals surface area contributed by atoms with E-state index in [-0.39, 0.29) is 19.8 Å². The standard InChI is InChI=1S/C15H20N2O6/c1-4-21-13(19)16-11-7-8-12(18)15(10-9-11,23-6-3)17(16)14(20)22-5-2/h7-11H,4-6H2,1-3H3/t11-,15+/m0/s1. The van der Waals surface area contributed by atoms with Crippen molar-refractivity contribution in [2.24, 2.45) is 0 Å². The molecule has 0 aromatic heterocycles. The molecule has 0 saturated carbocycles. The molecular weight excluding hydrogens is 304 g/mol. The highest BCUT2D eigenvalue weighted by molar-refractivity contribution is 6.02. The van der Waals surface area contributed by atoms with E-state index in [1.54, 1.807) is 26.8 Å². The lowest BCUT2D eigenvalue weighted by atomic mass is 10.1. The molecule has 2 atom stereocenters. The Balaban J connectivity index is 2.55. The Hall–Kier alpha value is -2.35. The third-order valence-electron chi connectivity index (χ3n) is 3.39. The van der Waals surface area contributed by atoms with Crippen molar-refractivity contribution >= 4 is 18.0 Å². The molecule has 0 unspecified atom stereocenters. The summed E-state index contributed by atoms with van der Waals surface area (Å²) in [6, 6.07) is -0.640. The van der Waals surface area contributed by atoms with Crippen molar-refractivity contribution in [1.82, 2.24) is 10.0 Å². The number of hydrogen-bond acceptors (Lipinski definition) is 6. The molecule has 0 saturated heterocycles. The second-order valence-corrected chi connectivity index (χ2v) is 4.76. The van der Waals surface area contributed by atoms with Crippen molar-refractivity contribution in [3.8, 4) is 0 Å². The first-order chi connectivity index (χ1) is 11.0. The molecule has 126 valence electrons. The minimum atomic E-state index is -1.75. The number of nitrogens with zero attached hydrogens (tertiary/aromatic N) is 2. The summed E-state index contributed by atoms with van der Waals surface area (Å²) >= 11 is 0. The lowest BCUT2D eigenvalue weighted by Crippen LogP contribution is -2.68. The normalized spacial score (nSPS) is 25.5. The number of hydrazine groups is 1. The number of fused-ring (bicyclic) bond motifs is 2. The third kappa shape index (κ3) is 2.81. The third-order valence-corrected chi connectivity index (χ3v) is 3.39. The predicted molar refractivity (Wildman–Crippen MR) is 79.2 cm³/mol. The SMILES string of the molecule is CCOC(=O)N1[C@H]2C=CC(=O)[C@](OCC)(C=C2)N1C(=O)OCC. The topological polar surface area (TPSA) is 85.4 Å². The van der Waals surface area contributed by atoms with E-state index in [9.17, 15) is 14.4 Å². The molecule has 8 nitrogen and oxygen atoms in total. The summed E-state index contributed by atoms with van der Waals surface area (Å²) in [6.45, 7) is 5.34. The first-order valence-corrected chi connectivity index (χ1v) is 7.50. The van der Waals surface area contributed by atoms with Gasteiger partial charge in [0.05, 0.1) is 19.3 Å². The first kappa shape index (κ1) is 17.0. The minimum absolute atomic E-state index is 0.0875. The van der Waals surface area contributed by atoms with Crippen LogP contribution in [0.2, 0.25) is 0 Å². The van der Waals surface area contributed by atoms with Gasteiger partial charge in [-0.1, -0.05) is 12.2 Å². The molecule has 0 radical (unpaired) electrons. The van der Waals surface area contributed by atoms with Gasteiger partial charge in [-0.2, -0.15) is 10.0 Å². The van der Waals surface area contributed by atoms with Crippen LogP contribution in [0.15, 0.2) is 24.3 Å². The van der Waals surface area contributed by atoms with Crippen molar-refractivity contribution < 1.29 is 28.6 Å². The molecule has 1 aliphatic carbocycles. The smallest absolute Gasteiger partial charge is 0.432 e. The molecule has 2 bridgehead atoms. The molecular formula is C15H20N2O6. The molecule has 0 spiro atoms. The van der Waals surface area contributed by atoms with Gasteiger partial charge in [0.2, 0.25) is 11.5 Å². The zero-order valence-corrected chi connectivity index (χ0v) is 13.4. The summed E-state index contributed by atoms with van der Waals surface area (Å²) in [5.74, 6) is -0.474. The molecule has 0 aromatic rings. The van der Waals surface area contributed by atoms with E-state index < -0.39 is 29.7 Å². The van der Waals surface area contributed by atoms with E-state index in [4.69, 9.17) is 14.2 Å². The Labute approximate surface area is 134 Å². The monoisotopic (exact) mass is 324 g/mol. The molecule has 0 aromatic carbocycles. The number of ketones is 1. The van der Waals surface area contributed by atoms with Gasteiger partial charge in [0.15, 0.2) is 0 Å².